The van der Waals surface area contributed by atoms with Crippen LogP contribution in [0.2, 0.25) is 0 Å². The lowest BCUT2D eigenvalue weighted by molar-refractivity contribution is -0.131. The number of likely N-dealkylation sites (tertiary alicyclic amines) is 1. The Hall–Kier alpha value is -1.01. The lowest BCUT2D eigenvalue weighted by atomic mass is 10.0. The Morgan fingerprint density at radius 2 is 2.12 bits per heavy atom. The summed E-state index contributed by atoms with van der Waals surface area (Å²) in [6.07, 6.45) is 2.11. The number of hydrogen-bond acceptors (Lipinski definition) is 4. The first-order valence-electron chi connectivity index (χ1n) is 7.90. The maximum Gasteiger partial charge on any atom is 0.237 e. The molecule has 5 nitrogen and oxygen atoms in total. The molecule has 1 aliphatic heterocycles. The van der Waals surface area contributed by atoms with Gasteiger partial charge in [0.15, 0.2) is 0 Å². The molecule has 0 radical (unpaired) electrons. The third kappa shape index (κ3) is 6.13. The molecule has 0 bridgehead atoms. The number of benzene rings is 1. The van der Waals surface area contributed by atoms with Gasteiger partial charge in [0, 0.05) is 40.0 Å². The first-order chi connectivity index (χ1) is 10.6. The molecule has 1 amide bonds. The van der Waals surface area contributed by atoms with Gasteiger partial charge in [0.2, 0.25) is 5.91 Å². The number of carbonyl (C=O) groups excluding carboxylic acids is 1. The number of nitrogens with one attached hydrogen (secondary N) is 1. The van der Waals surface area contributed by atoms with Crippen LogP contribution in [0.15, 0.2) is 24.3 Å². The lowest BCUT2D eigenvalue weighted by Gasteiger charge is -2.26. The molecule has 0 aliphatic carbocycles. The Bertz CT molecular complexity index is 500. The molecule has 2 rings (SSSR count). The fraction of sp³-hybridized carbons (Fsp3) is 0.588. The van der Waals surface area contributed by atoms with Crippen LogP contribution in [0, 0.1) is 0 Å². The van der Waals surface area contributed by atoms with Crippen LogP contribution in [-0.2, 0) is 9.53 Å². The molecule has 1 heterocycles. The van der Waals surface area contributed by atoms with Crippen LogP contribution in [-0.4, -0.2) is 58.3 Å². The monoisotopic (exact) mass is 377 g/mol. The third-order valence-electron chi connectivity index (χ3n) is 4.10. The van der Waals surface area contributed by atoms with E-state index in [4.69, 9.17) is 4.74 Å². The van der Waals surface area contributed by atoms with Crippen LogP contribution in [0.4, 0.5) is 5.69 Å². The maximum atomic E-state index is 12.4. The molecule has 1 fully saturated rings. The van der Waals surface area contributed by atoms with Gasteiger partial charge in [0.25, 0.3) is 0 Å². The van der Waals surface area contributed by atoms with Gasteiger partial charge < -0.3 is 19.9 Å². The molecule has 1 unspecified atom stereocenters. The van der Waals surface area contributed by atoms with E-state index in [1.807, 2.05) is 19.0 Å². The first kappa shape index (κ1) is 23.0. The van der Waals surface area contributed by atoms with Gasteiger partial charge in [-0.1, -0.05) is 12.1 Å². The summed E-state index contributed by atoms with van der Waals surface area (Å²) < 4.78 is 4.98. The van der Waals surface area contributed by atoms with Gasteiger partial charge in [0.1, 0.15) is 0 Å². The van der Waals surface area contributed by atoms with Crippen molar-refractivity contribution in [2.24, 2.45) is 0 Å². The maximum absolute atomic E-state index is 12.4. The largest absolute Gasteiger partial charge is 0.383 e. The quantitative estimate of drug-likeness (QED) is 0.741. The number of ether oxygens (including phenoxy) is 1. The topological polar surface area (TPSA) is 44.8 Å². The fourth-order valence-corrected chi connectivity index (χ4v) is 2.89. The highest BCUT2D eigenvalue weighted by Crippen LogP contribution is 2.33. The average molecular weight is 378 g/mol. The van der Waals surface area contributed by atoms with Crippen LogP contribution in [0.1, 0.15) is 24.4 Å². The first-order valence-corrected chi connectivity index (χ1v) is 7.90. The second kappa shape index (κ2) is 11.5. The summed E-state index contributed by atoms with van der Waals surface area (Å²) in [5, 5.41) is 3.14. The third-order valence-corrected chi connectivity index (χ3v) is 4.10. The van der Waals surface area contributed by atoms with Gasteiger partial charge in [0.05, 0.1) is 19.2 Å². The second-order valence-electron chi connectivity index (χ2n) is 5.90. The minimum absolute atomic E-state index is 0. The highest BCUT2D eigenvalue weighted by molar-refractivity contribution is 5.85. The summed E-state index contributed by atoms with van der Waals surface area (Å²) in [7, 11) is 5.74. The standard InChI is InChI=1S/C17H27N3O2.2ClH/c1-19(2)15-7-4-6-14(12-15)16-8-5-10-20(16)17(21)13-18-9-11-22-3;;/h4,6-7,12,16,18H,5,8-11,13H2,1-3H3;2*1H. The predicted octanol–water partition coefficient (Wildman–Crippen LogP) is 2.50. The van der Waals surface area contributed by atoms with Gasteiger partial charge in [-0.25, -0.2) is 0 Å². The van der Waals surface area contributed by atoms with Crippen molar-refractivity contribution < 1.29 is 9.53 Å². The SMILES string of the molecule is COCCNCC(=O)N1CCCC1c1cccc(N(C)C)c1.Cl.Cl. The Kier molecular flexibility index (Phi) is 11.0. The minimum atomic E-state index is 0. The van der Waals surface area contributed by atoms with Gasteiger partial charge in [-0.2, -0.15) is 0 Å². The summed E-state index contributed by atoms with van der Waals surface area (Å²) in [5.74, 6) is 0.175. The summed E-state index contributed by atoms with van der Waals surface area (Å²) in [6, 6.07) is 8.69. The molecular formula is C17H29Cl2N3O2. The average Bonchev–Trinajstić information content (AvgIpc) is 3.01. The molecule has 24 heavy (non-hydrogen) atoms. The number of amides is 1. The van der Waals surface area contributed by atoms with Crippen molar-refractivity contribution in [3.8, 4) is 0 Å². The summed E-state index contributed by atoms with van der Waals surface area (Å²) >= 11 is 0. The number of halogens is 2. The Morgan fingerprint density at radius 1 is 1.38 bits per heavy atom. The molecule has 1 aromatic rings. The summed E-state index contributed by atoms with van der Waals surface area (Å²) in [4.78, 5) is 16.5. The molecule has 0 spiro atoms. The van der Waals surface area contributed by atoms with Crippen LogP contribution >= 0.6 is 24.8 Å². The number of nitrogens with zero attached hydrogens (tertiary/aromatic N) is 2. The predicted molar refractivity (Wildman–Crippen MR) is 104 cm³/mol. The zero-order valence-electron chi connectivity index (χ0n) is 14.7. The van der Waals surface area contributed by atoms with Crippen LogP contribution in [0.3, 0.4) is 0 Å². The highest BCUT2D eigenvalue weighted by atomic mass is 35.5. The van der Waals surface area contributed by atoms with E-state index in [1.165, 1.54) is 11.3 Å². The van der Waals surface area contributed by atoms with Crippen LogP contribution in [0.25, 0.3) is 0 Å². The van der Waals surface area contributed by atoms with E-state index in [2.05, 4.69) is 34.5 Å². The number of carbonyl (C=O) groups is 1. The smallest absolute Gasteiger partial charge is 0.237 e. The summed E-state index contributed by atoms with van der Waals surface area (Å²) in [6.45, 7) is 2.56. The van der Waals surface area contributed by atoms with E-state index in [0.717, 1.165) is 19.4 Å². The van der Waals surface area contributed by atoms with E-state index in [1.54, 1.807) is 7.11 Å². The van der Waals surface area contributed by atoms with E-state index in [0.29, 0.717) is 19.7 Å². The molecule has 1 saturated heterocycles. The van der Waals surface area contributed by atoms with Gasteiger partial charge in [-0.15, -0.1) is 24.8 Å². The van der Waals surface area contributed by atoms with Gasteiger partial charge in [-0.3, -0.25) is 4.79 Å². The molecule has 1 N–H and O–H groups in total. The number of hydrogen-bond donors (Lipinski definition) is 1. The van der Waals surface area contributed by atoms with Crippen molar-refractivity contribution in [2.45, 2.75) is 18.9 Å². The Balaban J connectivity index is 0.00000264. The number of rotatable bonds is 7. The molecule has 1 aromatic carbocycles. The van der Waals surface area contributed by atoms with Crippen LogP contribution in [0.5, 0.6) is 0 Å². The molecular weight excluding hydrogens is 349 g/mol. The number of anilines is 1. The van der Waals surface area contributed by atoms with Crippen molar-refractivity contribution in [1.29, 1.82) is 0 Å². The Morgan fingerprint density at radius 3 is 2.79 bits per heavy atom. The number of methoxy groups -OCH3 is 1. The van der Waals surface area contributed by atoms with Crippen molar-refractivity contribution in [3.05, 3.63) is 29.8 Å². The van der Waals surface area contributed by atoms with E-state index in [-0.39, 0.29) is 36.8 Å². The normalized spacial score (nSPS) is 16.3. The summed E-state index contributed by atoms with van der Waals surface area (Å²) in [5.41, 5.74) is 2.41. The van der Waals surface area contributed by atoms with E-state index in [9.17, 15) is 4.79 Å². The van der Waals surface area contributed by atoms with Crippen molar-refractivity contribution in [3.63, 3.8) is 0 Å². The van der Waals surface area contributed by atoms with Crippen LogP contribution < -0.4 is 10.2 Å². The molecule has 1 atom stereocenters. The second-order valence-corrected chi connectivity index (χ2v) is 5.90. The molecule has 0 saturated carbocycles. The Labute approximate surface area is 157 Å². The zero-order valence-corrected chi connectivity index (χ0v) is 16.3. The minimum Gasteiger partial charge on any atom is -0.383 e. The zero-order chi connectivity index (χ0) is 15.9. The van der Waals surface area contributed by atoms with E-state index >= 15 is 0 Å². The van der Waals surface area contributed by atoms with Crippen molar-refractivity contribution in [2.75, 3.05) is 52.3 Å². The molecule has 138 valence electrons. The molecule has 1 aliphatic rings. The van der Waals surface area contributed by atoms with Crippen molar-refractivity contribution in [1.82, 2.24) is 10.2 Å². The lowest BCUT2D eigenvalue weighted by Crippen LogP contribution is -2.38. The van der Waals surface area contributed by atoms with Gasteiger partial charge in [-0.05, 0) is 30.5 Å². The van der Waals surface area contributed by atoms with E-state index < -0.39 is 0 Å². The fourth-order valence-electron chi connectivity index (χ4n) is 2.89. The molecule has 0 aromatic heterocycles. The van der Waals surface area contributed by atoms with Gasteiger partial charge >= 0.3 is 0 Å². The molecule has 7 heteroatoms. The van der Waals surface area contributed by atoms with Crippen molar-refractivity contribution >= 4 is 36.4 Å². The highest BCUT2D eigenvalue weighted by Gasteiger charge is 2.29.